The van der Waals surface area contributed by atoms with Crippen LogP contribution in [0.4, 0.5) is 0 Å². The van der Waals surface area contributed by atoms with E-state index in [0.29, 0.717) is 34.4 Å². The second-order valence-corrected chi connectivity index (χ2v) is 9.24. The zero-order valence-electron chi connectivity index (χ0n) is 20.8. The van der Waals surface area contributed by atoms with Gasteiger partial charge >= 0.3 is 5.97 Å². The highest BCUT2D eigenvalue weighted by Crippen LogP contribution is 2.27. The highest BCUT2D eigenvalue weighted by Gasteiger charge is 2.21. The highest BCUT2D eigenvalue weighted by molar-refractivity contribution is 6.06. The SMILES string of the molecule is C[C@H](NC(=O)c1cc(-c2cnon2)cc2nnn(Cc3ccc4ccccc4c3)c12)c1ccc(C(=O)O)cc1. The lowest BCUT2D eigenvalue weighted by Crippen LogP contribution is -2.27. The molecule has 10 nitrogen and oxygen atoms in total. The van der Waals surface area contributed by atoms with E-state index in [-0.39, 0.29) is 11.5 Å². The number of amides is 1. The molecule has 4 aromatic carbocycles. The molecule has 6 aromatic rings. The molecule has 0 aliphatic rings. The van der Waals surface area contributed by atoms with E-state index in [1.165, 1.54) is 18.3 Å². The van der Waals surface area contributed by atoms with E-state index in [1.807, 2.05) is 25.1 Å². The summed E-state index contributed by atoms with van der Waals surface area (Å²) in [6.07, 6.45) is 1.47. The number of aromatic nitrogens is 5. The van der Waals surface area contributed by atoms with Gasteiger partial charge in [0.2, 0.25) is 0 Å². The van der Waals surface area contributed by atoms with Gasteiger partial charge in [-0.25, -0.2) is 14.1 Å². The Bertz CT molecular complexity index is 1830. The molecule has 39 heavy (non-hydrogen) atoms. The topological polar surface area (TPSA) is 136 Å². The molecule has 0 aliphatic carbocycles. The summed E-state index contributed by atoms with van der Waals surface area (Å²) in [6, 6.07) is 23.8. The second-order valence-electron chi connectivity index (χ2n) is 9.24. The standard InChI is InChI=1S/C29H22N6O4/c1-17(19-8-10-21(11-9-19)29(37)38)31-28(36)24-13-23(26-15-30-39-33-26)14-25-27(24)35(34-32-25)16-18-6-7-20-4-2-3-5-22(20)12-18/h2-15,17H,16H2,1H3,(H,31,36)(H,37,38)/t17-/m0/s1. The largest absolute Gasteiger partial charge is 0.478 e. The van der Waals surface area contributed by atoms with Crippen LogP contribution in [0, 0.1) is 0 Å². The lowest BCUT2D eigenvalue weighted by atomic mass is 10.0. The average Bonchev–Trinajstić information content (AvgIpc) is 3.63. The Morgan fingerprint density at radius 3 is 2.54 bits per heavy atom. The summed E-state index contributed by atoms with van der Waals surface area (Å²) in [7, 11) is 0. The summed E-state index contributed by atoms with van der Waals surface area (Å²) in [5.74, 6) is -1.35. The van der Waals surface area contributed by atoms with E-state index in [4.69, 9.17) is 4.63 Å². The van der Waals surface area contributed by atoms with Crippen molar-refractivity contribution in [3.63, 3.8) is 0 Å². The van der Waals surface area contributed by atoms with Crippen LogP contribution in [0.25, 0.3) is 33.1 Å². The monoisotopic (exact) mass is 518 g/mol. The molecule has 1 atom stereocenters. The van der Waals surface area contributed by atoms with Gasteiger partial charge < -0.3 is 10.4 Å². The zero-order valence-corrected chi connectivity index (χ0v) is 20.8. The van der Waals surface area contributed by atoms with Gasteiger partial charge in [0.1, 0.15) is 16.7 Å². The van der Waals surface area contributed by atoms with Crippen LogP contribution in [0.3, 0.4) is 0 Å². The fourth-order valence-electron chi connectivity index (χ4n) is 4.62. The molecule has 2 heterocycles. The van der Waals surface area contributed by atoms with E-state index in [0.717, 1.165) is 21.9 Å². The van der Waals surface area contributed by atoms with Gasteiger partial charge in [-0.05, 0) is 64.3 Å². The Kier molecular flexibility index (Phi) is 6.04. The number of nitrogens with one attached hydrogen (secondary N) is 1. The van der Waals surface area contributed by atoms with Crippen molar-refractivity contribution >= 4 is 33.7 Å². The summed E-state index contributed by atoms with van der Waals surface area (Å²) in [5, 5.41) is 30.8. The van der Waals surface area contributed by atoms with Crippen LogP contribution in [-0.2, 0) is 6.54 Å². The van der Waals surface area contributed by atoms with E-state index in [1.54, 1.807) is 28.9 Å². The molecule has 10 heteroatoms. The van der Waals surface area contributed by atoms with E-state index < -0.39 is 12.0 Å². The molecule has 0 bridgehead atoms. The predicted molar refractivity (Wildman–Crippen MR) is 143 cm³/mol. The van der Waals surface area contributed by atoms with Crippen LogP contribution >= 0.6 is 0 Å². The Balaban J connectivity index is 1.38. The van der Waals surface area contributed by atoms with Crippen molar-refractivity contribution in [2.45, 2.75) is 19.5 Å². The van der Waals surface area contributed by atoms with Gasteiger partial charge in [-0.3, -0.25) is 4.79 Å². The summed E-state index contributed by atoms with van der Waals surface area (Å²) in [4.78, 5) is 24.9. The maximum absolute atomic E-state index is 13.7. The number of benzene rings is 4. The van der Waals surface area contributed by atoms with Crippen molar-refractivity contribution in [3.05, 3.63) is 107 Å². The third-order valence-electron chi connectivity index (χ3n) is 6.66. The molecule has 0 unspecified atom stereocenters. The van der Waals surface area contributed by atoms with Gasteiger partial charge in [-0.15, -0.1) is 5.10 Å². The van der Waals surface area contributed by atoms with Crippen molar-refractivity contribution in [1.29, 1.82) is 0 Å². The van der Waals surface area contributed by atoms with Crippen molar-refractivity contribution < 1.29 is 19.3 Å². The smallest absolute Gasteiger partial charge is 0.335 e. The number of hydrogen-bond acceptors (Lipinski definition) is 7. The number of hydrogen-bond donors (Lipinski definition) is 2. The zero-order chi connectivity index (χ0) is 26.9. The summed E-state index contributed by atoms with van der Waals surface area (Å²) < 4.78 is 6.48. The van der Waals surface area contributed by atoms with Crippen LogP contribution in [0.2, 0.25) is 0 Å². The molecule has 6 rings (SSSR count). The average molecular weight is 519 g/mol. The molecule has 0 spiro atoms. The van der Waals surface area contributed by atoms with Crippen LogP contribution in [0.15, 0.2) is 89.7 Å². The Morgan fingerprint density at radius 1 is 1.00 bits per heavy atom. The van der Waals surface area contributed by atoms with Crippen molar-refractivity contribution in [3.8, 4) is 11.3 Å². The number of carboxylic acid groups (broad SMARTS) is 1. The lowest BCUT2D eigenvalue weighted by molar-refractivity contribution is 0.0696. The summed E-state index contributed by atoms with van der Waals surface area (Å²) >= 11 is 0. The molecule has 0 fully saturated rings. The number of nitrogens with zero attached hydrogens (tertiary/aromatic N) is 5. The van der Waals surface area contributed by atoms with E-state index in [9.17, 15) is 14.7 Å². The van der Waals surface area contributed by atoms with Crippen LogP contribution in [0.5, 0.6) is 0 Å². The fourth-order valence-corrected chi connectivity index (χ4v) is 4.62. The van der Waals surface area contributed by atoms with Gasteiger partial charge in [0.15, 0.2) is 0 Å². The van der Waals surface area contributed by atoms with Crippen molar-refractivity contribution in [2.24, 2.45) is 0 Å². The van der Waals surface area contributed by atoms with E-state index in [2.05, 4.69) is 50.2 Å². The van der Waals surface area contributed by atoms with Gasteiger partial charge in [0.25, 0.3) is 5.91 Å². The molecule has 0 aliphatic heterocycles. The van der Waals surface area contributed by atoms with Gasteiger partial charge in [-0.1, -0.05) is 58.9 Å². The molecular weight excluding hydrogens is 496 g/mol. The molecule has 0 radical (unpaired) electrons. The minimum absolute atomic E-state index is 0.177. The third kappa shape index (κ3) is 4.71. The Morgan fingerprint density at radius 2 is 1.79 bits per heavy atom. The molecule has 192 valence electrons. The first kappa shape index (κ1) is 24.0. The number of aromatic carboxylic acids is 1. The molecular formula is C29H22N6O4. The second kappa shape index (κ2) is 9.82. The Hall–Kier alpha value is -5.38. The minimum atomic E-state index is -1.01. The van der Waals surface area contributed by atoms with Gasteiger partial charge in [0, 0.05) is 5.56 Å². The number of rotatable bonds is 7. The van der Waals surface area contributed by atoms with Crippen LogP contribution < -0.4 is 5.32 Å². The molecule has 2 N–H and O–H groups in total. The van der Waals surface area contributed by atoms with Crippen LogP contribution in [0.1, 0.15) is 44.8 Å². The molecule has 0 saturated heterocycles. The normalized spacial score (nSPS) is 12.0. The number of carbonyl (C=O) groups is 2. The highest BCUT2D eigenvalue weighted by atomic mass is 16.6. The van der Waals surface area contributed by atoms with Gasteiger partial charge in [0.05, 0.1) is 29.9 Å². The quantitative estimate of drug-likeness (QED) is 0.305. The van der Waals surface area contributed by atoms with Crippen molar-refractivity contribution in [1.82, 2.24) is 30.6 Å². The maximum Gasteiger partial charge on any atom is 0.335 e. The first-order valence-corrected chi connectivity index (χ1v) is 12.2. The molecule has 1 amide bonds. The summed E-state index contributed by atoms with van der Waals surface area (Å²) in [5.41, 5.74) is 4.52. The third-order valence-corrected chi connectivity index (χ3v) is 6.66. The van der Waals surface area contributed by atoms with Gasteiger partial charge in [-0.2, -0.15) is 0 Å². The first-order chi connectivity index (χ1) is 19.0. The lowest BCUT2D eigenvalue weighted by Gasteiger charge is -2.16. The van der Waals surface area contributed by atoms with Crippen molar-refractivity contribution in [2.75, 3.05) is 0 Å². The number of carboxylic acids is 1. The summed E-state index contributed by atoms with van der Waals surface area (Å²) in [6.45, 7) is 2.25. The maximum atomic E-state index is 13.7. The first-order valence-electron chi connectivity index (χ1n) is 12.2. The minimum Gasteiger partial charge on any atom is -0.478 e. The van der Waals surface area contributed by atoms with Crippen LogP contribution in [-0.4, -0.2) is 42.3 Å². The van der Waals surface area contributed by atoms with E-state index >= 15 is 0 Å². The predicted octanol–water partition coefficient (Wildman–Crippen LogP) is 4.87. The number of carbonyl (C=O) groups excluding carboxylic acids is 1. The number of fused-ring (bicyclic) bond motifs is 2. The molecule has 2 aromatic heterocycles. The Labute approximate surface area is 221 Å². The fraction of sp³-hybridized carbons (Fsp3) is 0.103. The molecule has 0 saturated carbocycles.